The van der Waals surface area contributed by atoms with E-state index in [9.17, 15) is 4.79 Å². The van der Waals surface area contributed by atoms with Crippen LogP contribution in [0.25, 0.3) is 0 Å². The van der Waals surface area contributed by atoms with Crippen LogP contribution >= 0.6 is 15.9 Å². The number of carbonyl (C=O) groups excluding carboxylic acids is 1. The second-order valence-electron chi connectivity index (χ2n) is 4.54. The molecule has 2 aromatic rings. The van der Waals surface area contributed by atoms with Crippen molar-refractivity contribution < 1.29 is 4.79 Å². The highest BCUT2D eigenvalue weighted by atomic mass is 79.9. The maximum atomic E-state index is 12.2. The SMILES string of the molecule is Cc1ccc(C)c(CC(=O)c2ccc(Br)cc2)c1. The fourth-order valence-electron chi connectivity index (χ4n) is 1.90. The minimum absolute atomic E-state index is 0.163. The van der Waals surface area contributed by atoms with Crippen molar-refractivity contribution in [3.63, 3.8) is 0 Å². The molecule has 2 rings (SSSR count). The first kappa shape index (κ1) is 13.0. The molecule has 2 aromatic carbocycles. The third-order valence-electron chi connectivity index (χ3n) is 3.02. The van der Waals surface area contributed by atoms with Gasteiger partial charge in [0, 0.05) is 16.5 Å². The lowest BCUT2D eigenvalue weighted by atomic mass is 9.98. The average molecular weight is 303 g/mol. The fraction of sp³-hybridized carbons (Fsp3) is 0.188. The third-order valence-corrected chi connectivity index (χ3v) is 3.55. The van der Waals surface area contributed by atoms with E-state index in [2.05, 4.69) is 34.1 Å². The molecule has 92 valence electrons. The molecular formula is C16H15BrO. The summed E-state index contributed by atoms with van der Waals surface area (Å²) >= 11 is 3.37. The lowest BCUT2D eigenvalue weighted by Gasteiger charge is -2.06. The Balaban J connectivity index is 2.21. The van der Waals surface area contributed by atoms with Crippen LogP contribution < -0.4 is 0 Å². The first-order valence-electron chi connectivity index (χ1n) is 5.91. The molecule has 0 heterocycles. The molecule has 0 amide bonds. The summed E-state index contributed by atoms with van der Waals surface area (Å²) in [5.74, 6) is 0.163. The van der Waals surface area contributed by atoms with Crippen LogP contribution in [-0.4, -0.2) is 5.78 Å². The van der Waals surface area contributed by atoms with Gasteiger partial charge < -0.3 is 0 Å². The van der Waals surface area contributed by atoms with Crippen molar-refractivity contribution in [2.75, 3.05) is 0 Å². The number of hydrogen-bond donors (Lipinski definition) is 0. The lowest BCUT2D eigenvalue weighted by Crippen LogP contribution is -2.05. The van der Waals surface area contributed by atoms with E-state index in [1.807, 2.05) is 38.1 Å². The van der Waals surface area contributed by atoms with E-state index in [-0.39, 0.29) is 5.78 Å². The molecule has 0 atom stereocenters. The summed E-state index contributed by atoms with van der Waals surface area (Å²) < 4.78 is 0.991. The van der Waals surface area contributed by atoms with Gasteiger partial charge in [-0.25, -0.2) is 0 Å². The normalized spacial score (nSPS) is 10.4. The van der Waals surface area contributed by atoms with Crippen LogP contribution in [0.2, 0.25) is 0 Å². The van der Waals surface area contributed by atoms with Gasteiger partial charge >= 0.3 is 0 Å². The molecule has 0 fully saturated rings. The number of Topliss-reactive ketones (excluding diaryl/α,β-unsaturated/α-hetero) is 1. The van der Waals surface area contributed by atoms with Crippen molar-refractivity contribution in [1.29, 1.82) is 0 Å². The van der Waals surface area contributed by atoms with E-state index in [1.54, 1.807) is 0 Å². The molecule has 0 bridgehead atoms. The predicted octanol–water partition coefficient (Wildman–Crippen LogP) is 4.49. The van der Waals surface area contributed by atoms with Gasteiger partial charge in [0.2, 0.25) is 0 Å². The van der Waals surface area contributed by atoms with E-state index in [0.717, 1.165) is 15.6 Å². The van der Waals surface area contributed by atoms with Gasteiger partial charge in [0.15, 0.2) is 5.78 Å². The van der Waals surface area contributed by atoms with Gasteiger partial charge in [0.1, 0.15) is 0 Å². The number of ketones is 1. The largest absolute Gasteiger partial charge is 0.294 e. The van der Waals surface area contributed by atoms with Gasteiger partial charge in [-0.15, -0.1) is 0 Å². The van der Waals surface area contributed by atoms with Crippen LogP contribution in [-0.2, 0) is 6.42 Å². The van der Waals surface area contributed by atoms with Crippen molar-refractivity contribution in [2.45, 2.75) is 20.3 Å². The van der Waals surface area contributed by atoms with E-state index in [4.69, 9.17) is 0 Å². The van der Waals surface area contributed by atoms with Gasteiger partial charge in [-0.05, 0) is 37.1 Å². The Morgan fingerprint density at radius 3 is 2.39 bits per heavy atom. The summed E-state index contributed by atoms with van der Waals surface area (Å²) in [4.78, 5) is 12.2. The smallest absolute Gasteiger partial charge is 0.167 e. The average Bonchev–Trinajstić information content (AvgIpc) is 2.34. The molecule has 0 saturated heterocycles. The maximum Gasteiger partial charge on any atom is 0.167 e. The second-order valence-corrected chi connectivity index (χ2v) is 5.45. The second kappa shape index (κ2) is 5.49. The zero-order valence-electron chi connectivity index (χ0n) is 10.5. The van der Waals surface area contributed by atoms with Crippen molar-refractivity contribution in [1.82, 2.24) is 0 Å². The molecule has 1 nitrogen and oxygen atoms in total. The molecular weight excluding hydrogens is 288 g/mol. The van der Waals surface area contributed by atoms with Crippen LogP contribution in [0.3, 0.4) is 0 Å². The van der Waals surface area contributed by atoms with Crippen molar-refractivity contribution >= 4 is 21.7 Å². The fourth-order valence-corrected chi connectivity index (χ4v) is 2.17. The number of aryl methyl sites for hydroxylation is 2. The summed E-state index contributed by atoms with van der Waals surface area (Å²) in [6.45, 7) is 4.09. The number of halogens is 1. The Morgan fingerprint density at radius 2 is 1.72 bits per heavy atom. The monoisotopic (exact) mass is 302 g/mol. The molecule has 2 heteroatoms. The lowest BCUT2D eigenvalue weighted by molar-refractivity contribution is 0.0993. The highest BCUT2D eigenvalue weighted by Crippen LogP contribution is 2.16. The van der Waals surface area contributed by atoms with Crippen molar-refractivity contribution in [2.24, 2.45) is 0 Å². The topological polar surface area (TPSA) is 17.1 Å². The summed E-state index contributed by atoms with van der Waals surface area (Å²) in [6, 6.07) is 13.7. The third kappa shape index (κ3) is 3.08. The van der Waals surface area contributed by atoms with Gasteiger partial charge in [0.05, 0.1) is 0 Å². The number of rotatable bonds is 3. The summed E-state index contributed by atoms with van der Waals surface area (Å²) in [5.41, 5.74) is 4.24. The standard InChI is InChI=1S/C16H15BrO/c1-11-3-4-12(2)14(9-11)10-16(18)13-5-7-15(17)8-6-13/h3-9H,10H2,1-2H3. The summed E-state index contributed by atoms with van der Waals surface area (Å²) in [6.07, 6.45) is 0.467. The van der Waals surface area contributed by atoms with Gasteiger partial charge in [-0.3, -0.25) is 4.79 Å². The zero-order valence-corrected chi connectivity index (χ0v) is 12.1. The maximum absolute atomic E-state index is 12.2. The molecule has 0 aliphatic heterocycles. The Bertz CT molecular complexity index is 570. The first-order valence-corrected chi connectivity index (χ1v) is 6.70. The molecule has 0 spiro atoms. The first-order chi connectivity index (χ1) is 8.56. The van der Waals surface area contributed by atoms with Crippen LogP contribution in [0.15, 0.2) is 46.9 Å². The zero-order chi connectivity index (χ0) is 13.1. The van der Waals surface area contributed by atoms with Gasteiger partial charge in [-0.1, -0.05) is 51.8 Å². The molecule has 0 aromatic heterocycles. The van der Waals surface area contributed by atoms with Gasteiger partial charge in [0.25, 0.3) is 0 Å². The summed E-state index contributed by atoms with van der Waals surface area (Å²) in [7, 11) is 0. The highest BCUT2D eigenvalue weighted by molar-refractivity contribution is 9.10. The van der Waals surface area contributed by atoms with E-state index in [0.29, 0.717) is 6.42 Å². The Labute approximate surface area is 116 Å². The van der Waals surface area contributed by atoms with Crippen LogP contribution in [0.1, 0.15) is 27.0 Å². The van der Waals surface area contributed by atoms with Crippen LogP contribution in [0.4, 0.5) is 0 Å². The molecule has 0 aliphatic rings. The molecule has 0 radical (unpaired) electrons. The quantitative estimate of drug-likeness (QED) is 0.763. The minimum atomic E-state index is 0.163. The van der Waals surface area contributed by atoms with Crippen LogP contribution in [0, 0.1) is 13.8 Å². The van der Waals surface area contributed by atoms with Crippen LogP contribution in [0.5, 0.6) is 0 Å². The number of hydrogen-bond acceptors (Lipinski definition) is 1. The number of benzene rings is 2. The Kier molecular flexibility index (Phi) is 3.97. The summed E-state index contributed by atoms with van der Waals surface area (Å²) in [5, 5.41) is 0. The van der Waals surface area contributed by atoms with Gasteiger partial charge in [-0.2, -0.15) is 0 Å². The molecule has 0 aliphatic carbocycles. The van der Waals surface area contributed by atoms with E-state index >= 15 is 0 Å². The highest BCUT2D eigenvalue weighted by Gasteiger charge is 2.08. The van der Waals surface area contributed by atoms with E-state index in [1.165, 1.54) is 11.1 Å². The number of carbonyl (C=O) groups is 1. The molecule has 0 N–H and O–H groups in total. The Hall–Kier alpha value is -1.41. The molecule has 0 saturated carbocycles. The molecule has 18 heavy (non-hydrogen) atoms. The molecule has 0 unspecified atom stereocenters. The van der Waals surface area contributed by atoms with Crippen molar-refractivity contribution in [3.8, 4) is 0 Å². The van der Waals surface area contributed by atoms with E-state index < -0.39 is 0 Å². The van der Waals surface area contributed by atoms with Crippen molar-refractivity contribution in [3.05, 3.63) is 69.2 Å². The Morgan fingerprint density at radius 1 is 1.06 bits per heavy atom. The minimum Gasteiger partial charge on any atom is -0.294 e. The predicted molar refractivity (Wildman–Crippen MR) is 78.1 cm³/mol.